The molecule has 0 bridgehead atoms. The van der Waals surface area contributed by atoms with Crippen LogP contribution in [-0.4, -0.2) is 24.9 Å². The second-order valence-electron chi connectivity index (χ2n) is 5.45. The second kappa shape index (κ2) is 6.31. The van der Waals surface area contributed by atoms with E-state index in [1.54, 1.807) is 24.4 Å². The van der Waals surface area contributed by atoms with Crippen LogP contribution in [0, 0.1) is 6.92 Å². The van der Waals surface area contributed by atoms with Gasteiger partial charge >= 0.3 is 0 Å². The van der Waals surface area contributed by atoms with E-state index in [0.29, 0.717) is 44.2 Å². The van der Waals surface area contributed by atoms with Crippen molar-refractivity contribution in [1.29, 1.82) is 0 Å². The van der Waals surface area contributed by atoms with E-state index in [0.717, 1.165) is 5.56 Å². The van der Waals surface area contributed by atoms with Crippen molar-refractivity contribution in [3.63, 3.8) is 0 Å². The van der Waals surface area contributed by atoms with Crippen molar-refractivity contribution < 1.29 is 0 Å². The standard InChI is InChI=1S/C17H12Cl2N6/c1-9-5-6-12(20-7-9)23-16-14-17(22-8-21-16)25-15(24-14)13-10(18)3-2-4-11(13)19/h2-8H,1H3,(H2,20,21,22,23,24,25). The molecule has 1 aromatic carbocycles. The fraction of sp³-hybridized carbons (Fsp3) is 0.0588. The largest absolute Gasteiger partial charge is 0.333 e. The molecular formula is C17H12Cl2N6. The number of aryl methyl sites for hydroxylation is 1. The van der Waals surface area contributed by atoms with Crippen LogP contribution >= 0.6 is 23.2 Å². The van der Waals surface area contributed by atoms with Gasteiger partial charge in [0.15, 0.2) is 11.5 Å². The van der Waals surface area contributed by atoms with Gasteiger partial charge in [0.2, 0.25) is 0 Å². The van der Waals surface area contributed by atoms with Crippen LogP contribution in [0.4, 0.5) is 11.6 Å². The fourth-order valence-electron chi connectivity index (χ4n) is 2.43. The van der Waals surface area contributed by atoms with Crippen molar-refractivity contribution >= 4 is 46.0 Å². The minimum absolute atomic E-state index is 0.509. The molecule has 0 aliphatic heterocycles. The molecule has 3 heterocycles. The molecular weight excluding hydrogens is 359 g/mol. The number of halogens is 2. The van der Waals surface area contributed by atoms with Crippen LogP contribution in [0.25, 0.3) is 22.6 Å². The summed E-state index contributed by atoms with van der Waals surface area (Å²) in [4.78, 5) is 20.5. The number of benzene rings is 1. The first-order valence-corrected chi connectivity index (χ1v) is 8.22. The third-order valence-corrected chi connectivity index (χ3v) is 4.28. The highest BCUT2D eigenvalue weighted by molar-refractivity contribution is 6.39. The normalized spacial score (nSPS) is 11.0. The van der Waals surface area contributed by atoms with Gasteiger partial charge in [-0.3, -0.25) is 0 Å². The Balaban J connectivity index is 1.80. The zero-order valence-electron chi connectivity index (χ0n) is 13.1. The molecule has 0 unspecified atom stereocenters. The summed E-state index contributed by atoms with van der Waals surface area (Å²) in [5, 5.41) is 4.19. The highest BCUT2D eigenvalue weighted by Crippen LogP contribution is 2.34. The summed E-state index contributed by atoms with van der Waals surface area (Å²) in [6.07, 6.45) is 3.22. The Morgan fingerprint density at radius 3 is 2.52 bits per heavy atom. The number of hydrogen-bond acceptors (Lipinski definition) is 5. The van der Waals surface area contributed by atoms with Crippen molar-refractivity contribution in [2.75, 3.05) is 5.32 Å². The average Bonchev–Trinajstić information content (AvgIpc) is 3.01. The maximum absolute atomic E-state index is 6.27. The Hall–Kier alpha value is -2.70. The van der Waals surface area contributed by atoms with Crippen LogP contribution in [0.3, 0.4) is 0 Å². The SMILES string of the molecule is Cc1ccc(Nc2ncnc3nc(-c4c(Cl)cccc4Cl)[nH]c23)nc1. The molecule has 0 aliphatic carbocycles. The van der Waals surface area contributed by atoms with Crippen molar-refractivity contribution in [3.05, 3.63) is 58.5 Å². The van der Waals surface area contributed by atoms with Gasteiger partial charge in [-0.15, -0.1) is 0 Å². The van der Waals surface area contributed by atoms with E-state index in [2.05, 4.69) is 30.2 Å². The Labute approximate surface area is 153 Å². The van der Waals surface area contributed by atoms with Crippen LogP contribution in [0.15, 0.2) is 42.9 Å². The lowest BCUT2D eigenvalue weighted by molar-refractivity contribution is 1.18. The Morgan fingerprint density at radius 2 is 1.80 bits per heavy atom. The molecule has 8 heteroatoms. The van der Waals surface area contributed by atoms with Crippen LogP contribution in [0.2, 0.25) is 10.0 Å². The summed E-state index contributed by atoms with van der Waals surface area (Å²) in [5.41, 5.74) is 2.87. The van der Waals surface area contributed by atoms with Gasteiger partial charge in [-0.1, -0.05) is 35.3 Å². The first kappa shape index (κ1) is 15.8. The van der Waals surface area contributed by atoms with E-state index < -0.39 is 0 Å². The monoisotopic (exact) mass is 370 g/mol. The molecule has 4 rings (SSSR count). The molecule has 2 N–H and O–H groups in total. The van der Waals surface area contributed by atoms with E-state index in [1.807, 2.05) is 19.1 Å². The predicted octanol–water partition coefficient (Wildman–Crippen LogP) is 4.77. The zero-order chi connectivity index (χ0) is 17.4. The quantitative estimate of drug-likeness (QED) is 0.542. The van der Waals surface area contributed by atoms with Crippen molar-refractivity contribution in [2.24, 2.45) is 0 Å². The van der Waals surface area contributed by atoms with E-state index in [-0.39, 0.29) is 0 Å². The molecule has 0 amide bonds. The van der Waals surface area contributed by atoms with Gasteiger partial charge in [0.05, 0.1) is 15.6 Å². The third-order valence-electron chi connectivity index (χ3n) is 3.65. The van der Waals surface area contributed by atoms with E-state index in [9.17, 15) is 0 Å². The summed E-state index contributed by atoms with van der Waals surface area (Å²) in [5.74, 6) is 1.78. The molecule has 0 saturated carbocycles. The van der Waals surface area contributed by atoms with E-state index in [4.69, 9.17) is 23.2 Å². The van der Waals surface area contributed by atoms with Gasteiger partial charge in [0, 0.05) is 6.20 Å². The van der Waals surface area contributed by atoms with Crippen molar-refractivity contribution in [3.8, 4) is 11.4 Å². The first-order chi connectivity index (χ1) is 12.1. The molecule has 6 nitrogen and oxygen atoms in total. The molecule has 0 radical (unpaired) electrons. The summed E-state index contributed by atoms with van der Waals surface area (Å²) >= 11 is 12.5. The van der Waals surface area contributed by atoms with Crippen LogP contribution in [-0.2, 0) is 0 Å². The molecule has 0 saturated heterocycles. The number of nitrogens with one attached hydrogen (secondary N) is 2. The maximum atomic E-state index is 6.27. The summed E-state index contributed by atoms with van der Waals surface area (Å²) in [6.45, 7) is 1.98. The predicted molar refractivity (Wildman–Crippen MR) is 99.4 cm³/mol. The number of fused-ring (bicyclic) bond motifs is 1. The summed E-state index contributed by atoms with van der Waals surface area (Å²) in [7, 11) is 0. The lowest BCUT2D eigenvalue weighted by Gasteiger charge is -2.05. The Morgan fingerprint density at radius 1 is 1.00 bits per heavy atom. The minimum Gasteiger partial charge on any atom is -0.333 e. The number of nitrogens with zero attached hydrogens (tertiary/aromatic N) is 4. The smallest absolute Gasteiger partial charge is 0.183 e. The molecule has 0 spiro atoms. The van der Waals surface area contributed by atoms with E-state index in [1.165, 1.54) is 6.33 Å². The van der Waals surface area contributed by atoms with Crippen LogP contribution in [0.1, 0.15) is 5.56 Å². The van der Waals surface area contributed by atoms with Gasteiger partial charge in [0.25, 0.3) is 0 Å². The molecule has 0 atom stereocenters. The van der Waals surface area contributed by atoms with Crippen molar-refractivity contribution in [1.82, 2.24) is 24.9 Å². The number of rotatable bonds is 3. The van der Waals surface area contributed by atoms with Gasteiger partial charge in [0.1, 0.15) is 23.5 Å². The Bertz CT molecular complexity index is 1040. The highest BCUT2D eigenvalue weighted by atomic mass is 35.5. The highest BCUT2D eigenvalue weighted by Gasteiger charge is 2.15. The van der Waals surface area contributed by atoms with Gasteiger partial charge in [-0.2, -0.15) is 0 Å². The number of imidazole rings is 1. The summed E-state index contributed by atoms with van der Waals surface area (Å²) < 4.78 is 0. The Kier molecular flexibility index (Phi) is 3.99. The minimum atomic E-state index is 0.509. The lowest BCUT2D eigenvalue weighted by Crippen LogP contribution is -1.97. The average molecular weight is 371 g/mol. The molecule has 124 valence electrons. The van der Waals surface area contributed by atoms with Gasteiger partial charge in [-0.05, 0) is 30.7 Å². The molecule has 0 aliphatic rings. The van der Waals surface area contributed by atoms with Gasteiger partial charge < -0.3 is 10.3 Å². The molecule has 4 aromatic rings. The topological polar surface area (TPSA) is 79.4 Å². The summed E-state index contributed by atoms with van der Waals surface area (Å²) in [6, 6.07) is 9.15. The molecule has 0 fully saturated rings. The maximum Gasteiger partial charge on any atom is 0.183 e. The van der Waals surface area contributed by atoms with Crippen LogP contribution in [0.5, 0.6) is 0 Å². The molecule has 3 aromatic heterocycles. The van der Waals surface area contributed by atoms with Crippen molar-refractivity contribution in [2.45, 2.75) is 6.92 Å². The number of anilines is 2. The number of aromatic nitrogens is 5. The number of aromatic amines is 1. The van der Waals surface area contributed by atoms with Gasteiger partial charge in [-0.25, -0.2) is 19.9 Å². The molecule has 25 heavy (non-hydrogen) atoms. The second-order valence-corrected chi connectivity index (χ2v) is 6.26. The lowest BCUT2D eigenvalue weighted by atomic mass is 10.2. The number of pyridine rings is 1. The number of H-pyrrole nitrogens is 1. The first-order valence-electron chi connectivity index (χ1n) is 7.46. The van der Waals surface area contributed by atoms with E-state index >= 15 is 0 Å². The fourth-order valence-corrected chi connectivity index (χ4v) is 3.01. The van der Waals surface area contributed by atoms with Crippen LogP contribution < -0.4 is 5.32 Å². The number of hydrogen-bond donors (Lipinski definition) is 2. The zero-order valence-corrected chi connectivity index (χ0v) is 14.6. The third kappa shape index (κ3) is 3.01.